The van der Waals surface area contributed by atoms with Gasteiger partial charge in [-0.1, -0.05) is 6.92 Å². The number of aromatic amines is 1. The molecule has 0 aromatic carbocycles. The number of nitrogens with zero attached hydrogens (tertiary/aromatic N) is 2. The van der Waals surface area contributed by atoms with Crippen molar-refractivity contribution in [1.82, 2.24) is 14.8 Å². The van der Waals surface area contributed by atoms with Crippen molar-refractivity contribution >= 4 is 9.84 Å². The molecule has 0 aliphatic rings. The van der Waals surface area contributed by atoms with Gasteiger partial charge in [-0.3, -0.25) is 9.78 Å². The molecule has 0 radical (unpaired) electrons. The van der Waals surface area contributed by atoms with Gasteiger partial charge in [-0.15, -0.1) is 0 Å². The molecule has 0 amide bonds. The summed E-state index contributed by atoms with van der Waals surface area (Å²) in [4.78, 5) is 23.7. The summed E-state index contributed by atoms with van der Waals surface area (Å²) in [6.07, 6.45) is 0.931. The molecule has 0 fully saturated rings. The smallest absolute Gasteiger partial charge is 0.271 e. The van der Waals surface area contributed by atoms with Crippen LogP contribution in [0.15, 0.2) is 15.8 Å². The summed E-state index contributed by atoms with van der Waals surface area (Å²) in [5, 5.41) is 3.51. The molecular weight excluding hydrogens is 222 g/mol. The van der Waals surface area contributed by atoms with E-state index in [2.05, 4.69) is 5.10 Å². The minimum Gasteiger partial charge on any atom is -0.271 e. The zero-order valence-electron chi connectivity index (χ0n) is 8.13. The maximum absolute atomic E-state index is 11.1. The second kappa shape index (κ2) is 4.39. The molecule has 0 aliphatic heterocycles. The molecule has 7 nitrogen and oxygen atoms in total. The molecular formula is C7H11N3O4S. The Kier molecular flexibility index (Phi) is 3.40. The second-order valence-electron chi connectivity index (χ2n) is 2.90. The van der Waals surface area contributed by atoms with Crippen molar-refractivity contribution in [2.24, 2.45) is 0 Å². The van der Waals surface area contributed by atoms with Crippen LogP contribution in [0.3, 0.4) is 0 Å². The molecule has 84 valence electrons. The molecule has 0 unspecified atom stereocenters. The predicted molar refractivity (Wildman–Crippen MR) is 53.4 cm³/mol. The third kappa shape index (κ3) is 3.31. The summed E-state index contributed by atoms with van der Waals surface area (Å²) in [5.74, 6) is -0.145. The van der Waals surface area contributed by atoms with E-state index in [1.807, 2.05) is 4.98 Å². The Morgan fingerprint density at radius 2 is 2.13 bits per heavy atom. The third-order valence-corrected chi connectivity index (χ3v) is 3.52. The van der Waals surface area contributed by atoms with E-state index in [4.69, 9.17) is 0 Å². The minimum absolute atomic E-state index is 0.0190. The Morgan fingerprint density at radius 1 is 1.47 bits per heavy atom. The SMILES string of the molecule is CCS(=O)(=O)CCn1ncc(=O)[nH]c1=O. The van der Waals surface area contributed by atoms with Crippen LogP contribution in [0.5, 0.6) is 0 Å². The van der Waals surface area contributed by atoms with Crippen LogP contribution in [-0.2, 0) is 16.4 Å². The Balaban J connectivity index is 2.84. The summed E-state index contributed by atoms with van der Waals surface area (Å²) in [7, 11) is -3.14. The highest BCUT2D eigenvalue weighted by Crippen LogP contribution is 1.89. The molecule has 1 rings (SSSR count). The van der Waals surface area contributed by atoms with Crippen molar-refractivity contribution in [1.29, 1.82) is 0 Å². The van der Waals surface area contributed by atoms with Crippen LogP contribution in [0.1, 0.15) is 6.92 Å². The molecule has 0 saturated heterocycles. The van der Waals surface area contributed by atoms with Gasteiger partial charge in [0.05, 0.1) is 12.3 Å². The summed E-state index contributed by atoms with van der Waals surface area (Å²) in [6.45, 7) is 1.48. The highest BCUT2D eigenvalue weighted by atomic mass is 32.2. The van der Waals surface area contributed by atoms with Crippen molar-refractivity contribution in [3.05, 3.63) is 27.0 Å². The minimum atomic E-state index is -3.14. The number of sulfone groups is 1. The van der Waals surface area contributed by atoms with Crippen molar-refractivity contribution in [2.45, 2.75) is 13.5 Å². The molecule has 0 spiro atoms. The van der Waals surface area contributed by atoms with Gasteiger partial charge in [-0.2, -0.15) is 5.10 Å². The first-order chi connectivity index (χ1) is 6.94. The lowest BCUT2D eigenvalue weighted by Crippen LogP contribution is -2.33. The highest BCUT2D eigenvalue weighted by Gasteiger charge is 2.08. The Hall–Kier alpha value is -1.44. The van der Waals surface area contributed by atoms with Crippen LogP contribution in [0.2, 0.25) is 0 Å². The number of hydrogen-bond acceptors (Lipinski definition) is 5. The molecule has 1 aromatic heterocycles. The third-order valence-electron chi connectivity index (χ3n) is 1.83. The maximum atomic E-state index is 11.1. The van der Waals surface area contributed by atoms with Crippen LogP contribution in [0.4, 0.5) is 0 Å². The predicted octanol–water partition coefficient (Wildman–Crippen LogP) is -1.63. The number of nitrogens with one attached hydrogen (secondary N) is 1. The Bertz CT molecular complexity index is 542. The van der Waals surface area contributed by atoms with Gasteiger partial charge in [0.15, 0.2) is 9.84 Å². The summed E-state index contributed by atoms with van der Waals surface area (Å²) >= 11 is 0. The fourth-order valence-electron chi connectivity index (χ4n) is 0.906. The van der Waals surface area contributed by atoms with Crippen molar-refractivity contribution in [3.63, 3.8) is 0 Å². The highest BCUT2D eigenvalue weighted by molar-refractivity contribution is 7.91. The van der Waals surface area contributed by atoms with Crippen molar-refractivity contribution < 1.29 is 8.42 Å². The lowest BCUT2D eigenvalue weighted by molar-refractivity contribution is 0.561. The normalized spacial score (nSPS) is 11.5. The first-order valence-corrected chi connectivity index (χ1v) is 6.13. The van der Waals surface area contributed by atoms with Gasteiger partial charge in [0.25, 0.3) is 5.56 Å². The second-order valence-corrected chi connectivity index (χ2v) is 5.37. The molecule has 1 heterocycles. The van der Waals surface area contributed by atoms with E-state index in [1.165, 1.54) is 6.92 Å². The topological polar surface area (TPSA) is 102 Å². The summed E-state index contributed by atoms with van der Waals surface area (Å²) in [5.41, 5.74) is -1.30. The van der Waals surface area contributed by atoms with Gasteiger partial charge < -0.3 is 0 Å². The molecule has 0 bridgehead atoms. The number of aromatic nitrogens is 3. The van der Waals surface area contributed by atoms with Crippen molar-refractivity contribution in [2.75, 3.05) is 11.5 Å². The van der Waals surface area contributed by atoms with Gasteiger partial charge >= 0.3 is 5.69 Å². The van der Waals surface area contributed by atoms with Crippen molar-refractivity contribution in [3.8, 4) is 0 Å². The van der Waals surface area contributed by atoms with Crippen LogP contribution < -0.4 is 11.2 Å². The van der Waals surface area contributed by atoms with Gasteiger partial charge in [-0.25, -0.2) is 17.9 Å². The first-order valence-electron chi connectivity index (χ1n) is 4.31. The fraction of sp³-hybridized carbons (Fsp3) is 0.571. The molecule has 15 heavy (non-hydrogen) atoms. The van der Waals surface area contributed by atoms with E-state index in [0.717, 1.165) is 10.9 Å². The standard InChI is InChI=1S/C7H11N3O4S/c1-2-15(13,14)4-3-10-7(12)9-6(11)5-8-10/h5H,2-4H2,1H3,(H,9,11,12). The van der Waals surface area contributed by atoms with E-state index in [1.54, 1.807) is 0 Å². The Labute approximate surface area is 85.7 Å². The van der Waals surface area contributed by atoms with Gasteiger partial charge in [-0.05, 0) is 0 Å². The van der Waals surface area contributed by atoms with E-state index >= 15 is 0 Å². The summed E-state index contributed by atoms with van der Waals surface area (Å²) < 4.78 is 23.2. The molecule has 1 aromatic rings. The molecule has 0 saturated carbocycles. The molecule has 0 atom stereocenters. The quantitative estimate of drug-likeness (QED) is 0.672. The molecule has 1 N–H and O–H groups in total. The zero-order chi connectivity index (χ0) is 11.5. The van der Waals surface area contributed by atoms with Gasteiger partial charge in [0, 0.05) is 5.75 Å². The van der Waals surface area contributed by atoms with Gasteiger partial charge in [0.2, 0.25) is 0 Å². The monoisotopic (exact) mass is 233 g/mol. The number of rotatable bonds is 4. The summed E-state index contributed by atoms with van der Waals surface area (Å²) in [6, 6.07) is 0. The average Bonchev–Trinajstić information content (AvgIpc) is 2.16. The largest absolute Gasteiger partial charge is 0.344 e. The van der Waals surface area contributed by atoms with Gasteiger partial charge in [0.1, 0.15) is 6.20 Å². The Morgan fingerprint density at radius 3 is 2.67 bits per heavy atom. The van der Waals surface area contributed by atoms with Crippen LogP contribution in [0.25, 0.3) is 0 Å². The number of aryl methyl sites for hydroxylation is 1. The van der Waals surface area contributed by atoms with Crippen LogP contribution in [-0.4, -0.2) is 34.7 Å². The number of H-pyrrole nitrogens is 1. The van der Waals surface area contributed by atoms with E-state index in [-0.39, 0.29) is 18.1 Å². The molecule has 0 aliphatic carbocycles. The lowest BCUT2D eigenvalue weighted by Gasteiger charge is -2.02. The number of hydrogen-bond donors (Lipinski definition) is 1. The fourth-order valence-corrected chi connectivity index (χ4v) is 1.65. The average molecular weight is 233 g/mol. The van der Waals surface area contributed by atoms with Crippen LogP contribution in [0, 0.1) is 0 Å². The zero-order valence-corrected chi connectivity index (χ0v) is 8.95. The first kappa shape index (κ1) is 11.6. The molecule has 8 heteroatoms. The van der Waals surface area contributed by atoms with Crippen LogP contribution >= 0.6 is 0 Å². The van der Waals surface area contributed by atoms with E-state index in [9.17, 15) is 18.0 Å². The lowest BCUT2D eigenvalue weighted by atomic mass is 10.7. The van der Waals surface area contributed by atoms with E-state index < -0.39 is 21.1 Å². The van der Waals surface area contributed by atoms with E-state index in [0.29, 0.717) is 0 Å². The maximum Gasteiger partial charge on any atom is 0.344 e.